The second-order valence-corrected chi connectivity index (χ2v) is 9.15. The molecule has 0 atom stereocenters. The number of amides is 1. The first kappa shape index (κ1) is 17.2. The highest BCUT2D eigenvalue weighted by atomic mass is 32.2. The lowest BCUT2D eigenvalue weighted by Crippen LogP contribution is -2.34. The summed E-state index contributed by atoms with van der Waals surface area (Å²) in [6.07, 6.45) is 3.64. The molecule has 1 aromatic heterocycles. The van der Waals surface area contributed by atoms with Crippen LogP contribution in [0.15, 0.2) is 35.5 Å². The summed E-state index contributed by atoms with van der Waals surface area (Å²) in [5.74, 6) is 0.122. The standard InChI is InChI=1S/C18H22N4O3S/c1-12(2)20-18(23)17-15-10-21(9-13-7-8-13)26(24,25)16-6-4-3-5-14(16)22(15)11-19-17/h3-6,11-13H,7-10H2,1-2H3,(H,20,23). The van der Waals surface area contributed by atoms with Gasteiger partial charge in [0.1, 0.15) is 11.2 Å². The molecular formula is C18H22N4O3S. The van der Waals surface area contributed by atoms with Gasteiger partial charge >= 0.3 is 0 Å². The van der Waals surface area contributed by atoms with E-state index in [4.69, 9.17) is 0 Å². The maximum absolute atomic E-state index is 13.2. The number of aromatic nitrogens is 2. The van der Waals surface area contributed by atoms with Crippen molar-refractivity contribution in [1.82, 2.24) is 19.2 Å². The van der Waals surface area contributed by atoms with E-state index in [-0.39, 0.29) is 29.1 Å². The predicted molar refractivity (Wildman–Crippen MR) is 96.5 cm³/mol. The van der Waals surface area contributed by atoms with Gasteiger partial charge in [0.05, 0.1) is 17.9 Å². The molecule has 2 aromatic rings. The number of nitrogens with zero attached hydrogens (tertiary/aromatic N) is 3. The highest BCUT2D eigenvalue weighted by Crippen LogP contribution is 2.36. The van der Waals surface area contributed by atoms with Gasteiger partial charge in [0, 0.05) is 12.6 Å². The first-order chi connectivity index (χ1) is 12.4. The zero-order chi connectivity index (χ0) is 18.5. The van der Waals surface area contributed by atoms with E-state index in [1.54, 1.807) is 35.2 Å². The number of carbonyl (C=O) groups is 1. The average molecular weight is 374 g/mol. The number of hydrogen-bond donors (Lipinski definition) is 1. The van der Waals surface area contributed by atoms with Crippen molar-refractivity contribution < 1.29 is 13.2 Å². The van der Waals surface area contributed by atoms with Crippen molar-refractivity contribution in [3.8, 4) is 5.69 Å². The van der Waals surface area contributed by atoms with Gasteiger partial charge in [0.25, 0.3) is 5.91 Å². The van der Waals surface area contributed by atoms with Crippen LogP contribution >= 0.6 is 0 Å². The van der Waals surface area contributed by atoms with Gasteiger partial charge in [0.2, 0.25) is 10.0 Å². The van der Waals surface area contributed by atoms with E-state index in [1.807, 2.05) is 13.8 Å². The number of rotatable bonds is 4. The molecule has 0 radical (unpaired) electrons. The third kappa shape index (κ3) is 2.93. The average Bonchev–Trinajstić information content (AvgIpc) is 3.31. The molecule has 1 aliphatic heterocycles. The van der Waals surface area contributed by atoms with E-state index in [0.717, 1.165) is 12.8 Å². The van der Waals surface area contributed by atoms with E-state index in [1.165, 1.54) is 4.31 Å². The number of para-hydroxylation sites is 1. The zero-order valence-electron chi connectivity index (χ0n) is 14.8. The van der Waals surface area contributed by atoms with Crippen LogP contribution in [-0.4, -0.2) is 40.8 Å². The Morgan fingerprint density at radius 3 is 2.73 bits per heavy atom. The van der Waals surface area contributed by atoms with Crippen LogP contribution in [0.4, 0.5) is 0 Å². The monoisotopic (exact) mass is 374 g/mol. The van der Waals surface area contributed by atoms with Crippen LogP contribution < -0.4 is 5.32 Å². The number of benzene rings is 1. The number of imidazole rings is 1. The van der Waals surface area contributed by atoms with Gasteiger partial charge < -0.3 is 5.32 Å². The molecule has 138 valence electrons. The van der Waals surface area contributed by atoms with Crippen molar-refractivity contribution in [1.29, 1.82) is 0 Å². The third-order valence-corrected chi connectivity index (χ3v) is 6.59. The Labute approximate surface area is 153 Å². The Hall–Kier alpha value is -2.19. The van der Waals surface area contributed by atoms with E-state index in [9.17, 15) is 13.2 Å². The molecule has 2 aliphatic rings. The van der Waals surface area contributed by atoms with Crippen molar-refractivity contribution in [3.05, 3.63) is 42.0 Å². The fourth-order valence-corrected chi connectivity index (χ4v) is 4.93. The molecule has 1 saturated carbocycles. The van der Waals surface area contributed by atoms with E-state index in [2.05, 4.69) is 10.3 Å². The molecule has 1 aromatic carbocycles. The Bertz CT molecular complexity index is 961. The Morgan fingerprint density at radius 1 is 1.31 bits per heavy atom. The van der Waals surface area contributed by atoms with Gasteiger partial charge in [-0.15, -0.1) is 0 Å². The molecule has 0 spiro atoms. The minimum absolute atomic E-state index is 0.0239. The predicted octanol–water partition coefficient (Wildman–Crippen LogP) is 1.92. The molecule has 7 nitrogen and oxygen atoms in total. The SMILES string of the molecule is CC(C)NC(=O)c1ncn2c1CN(CC1CC1)S(=O)(=O)c1ccccc1-2. The third-order valence-electron chi connectivity index (χ3n) is 4.73. The maximum Gasteiger partial charge on any atom is 0.272 e. The largest absolute Gasteiger partial charge is 0.348 e. The van der Waals surface area contributed by atoms with Crippen molar-refractivity contribution in [2.75, 3.05) is 6.54 Å². The van der Waals surface area contributed by atoms with Crippen LogP contribution in [0.3, 0.4) is 0 Å². The molecule has 1 amide bonds. The van der Waals surface area contributed by atoms with Crippen LogP contribution in [0, 0.1) is 5.92 Å². The molecule has 1 aliphatic carbocycles. The smallest absolute Gasteiger partial charge is 0.272 e. The lowest BCUT2D eigenvalue weighted by Gasteiger charge is -2.20. The normalized spacial score (nSPS) is 18.9. The summed E-state index contributed by atoms with van der Waals surface area (Å²) >= 11 is 0. The van der Waals surface area contributed by atoms with E-state index in [0.29, 0.717) is 23.8 Å². The lowest BCUT2D eigenvalue weighted by molar-refractivity contribution is 0.0936. The molecule has 0 unspecified atom stereocenters. The molecule has 0 bridgehead atoms. The molecule has 2 heterocycles. The fraction of sp³-hybridized carbons (Fsp3) is 0.444. The minimum Gasteiger partial charge on any atom is -0.348 e. The Kier molecular flexibility index (Phi) is 4.11. The molecule has 26 heavy (non-hydrogen) atoms. The van der Waals surface area contributed by atoms with Gasteiger partial charge in [0.15, 0.2) is 5.69 Å². The number of hydrogen-bond acceptors (Lipinski definition) is 4. The Balaban J connectivity index is 1.86. The molecule has 1 N–H and O–H groups in total. The quantitative estimate of drug-likeness (QED) is 0.886. The molecule has 0 saturated heterocycles. The van der Waals surface area contributed by atoms with Crippen molar-refractivity contribution >= 4 is 15.9 Å². The zero-order valence-corrected chi connectivity index (χ0v) is 15.7. The first-order valence-electron chi connectivity index (χ1n) is 8.84. The molecule has 8 heteroatoms. The van der Waals surface area contributed by atoms with E-state index >= 15 is 0 Å². The van der Waals surface area contributed by atoms with E-state index < -0.39 is 10.0 Å². The van der Waals surface area contributed by atoms with Gasteiger partial charge in [-0.2, -0.15) is 4.31 Å². The summed E-state index contributed by atoms with van der Waals surface area (Å²) in [7, 11) is -3.62. The summed E-state index contributed by atoms with van der Waals surface area (Å²) in [5, 5.41) is 2.85. The highest BCUT2D eigenvalue weighted by molar-refractivity contribution is 7.89. The number of carbonyl (C=O) groups excluding carboxylic acids is 1. The van der Waals surface area contributed by atoms with Crippen molar-refractivity contribution in [2.24, 2.45) is 5.92 Å². The van der Waals surface area contributed by atoms with Crippen molar-refractivity contribution in [2.45, 2.75) is 44.2 Å². The second kappa shape index (κ2) is 6.21. The van der Waals surface area contributed by atoms with Gasteiger partial charge in [-0.1, -0.05) is 12.1 Å². The maximum atomic E-state index is 13.2. The van der Waals surface area contributed by atoms with Crippen LogP contribution in [0.25, 0.3) is 5.69 Å². The number of sulfonamides is 1. The van der Waals surface area contributed by atoms with Crippen LogP contribution in [0.5, 0.6) is 0 Å². The minimum atomic E-state index is -3.62. The van der Waals surface area contributed by atoms with Gasteiger partial charge in [-0.05, 0) is 44.7 Å². The van der Waals surface area contributed by atoms with Crippen molar-refractivity contribution in [3.63, 3.8) is 0 Å². The molecule has 1 fully saturated rings. The lowest BCUT2D eigenvalue weighted by atomic mass is 10.2. The number of nitrogens with one attached hydrogen (secondary N) is 1. The first-order valence-corrected chi connectivity index (χ1v) is 10.3. The van der Waals surface area contributed by atoms with Crippen LogP contribution in [0.2, 0.25) is 0 Å². The second-order valence-electron chi connectivity index (χ2n) is 7.25. The van der Waals surface area contributed by atoms with Crippen LogP contribution in [-0.2, 0) is 16.6 Å². The summed E-state index contributed by atoms with van der Waals surface area (Å²) in [6.45, 7) is 4.39. The number of fused-ring (bicyclic) bond motifs is 3. The van der Waals surface area contributed by atoms with Gasteiger partial charge in [-0.25, -0.2) is 13.4 Å². The van der Waals surface area contributed by atoms with Crippen LogP contribution in [0.1, 0.15) is 42.9 Å². The Morgan fingerprint density at radius 2 is 2.04 bits per heavy atom. The topological polar surface area (TPSA) is 84.3 Å². The van der Waals surface area contributed by atoms with Gasteiger partial charge in [-0.3, -0.25) is 9.36 Å². The summed E-state index contributed by atoms with van der Waals surface area (Å²) in [5.41, 5.74) is 1.43. The molecule has 4 rings (SSSR count). The summed E-state index contributed by atoms with van der Waals surface area (Å²) in [6, 6.07) is 6.86. The highest BCUT2D eigenvalue weighted by Gasteiger charge is 2.37. The fourth-order valence-electron chi connectivity index (χ4n) is 3.27. The summed E-state index contributed by atoms with van der Waals surface area (Å²) < 4.78 is 29.6. The molecular weight excluding hydrogens is 352 g/mol. The summed E-state index contributed by atoms with van der Waals surface area (Å²) in [4.78, 5) is 17.1.